The van der Waals surface area contributed by atoms with Crippen LogP contribution in [0.2, 0.25) is 0 Å². The Balaban J connectivity index is 2.96. The van der Waals surface area contributed by atoms with Gasteiger partial charge in [0.05, 0.1) is 16.1 Å². The molecule has 0 aliphatic heterocycles. The van der Waals surface area contributed by atoms with Crippen LogP contribution in [0.5, 0.6) is 17.2 Å². The number of rotatable bonds is 1. The van der Waals surface area contributed by atoms with Gasteiger partial charge in [-0.3, -0.25) is 19.7 Å². The first-order chi connectivity index (χ1) is 8.77. The van der Waals surface area contributed by atoms with Gasteiger partial charge in [0.1, 0.15) is 0 Å². The predicted octanol–water partition coefficient (Wildman–Crippen LogP) is 1.04. The number of nitrogens with zero attached hydrogens (tertiary/aromatic N) is 1. The molecule has 0 aromatic heterocycles. The Kier molecular flexibility index (Phi) is 2.51. The van der Waals surface area contributed by atoms with Crippen LogP contribution in [0.4, 0.5) is 5.69 Å². The van der Waals surface area contributed by atoms with E-state index in [0.29, 0.717) is 0 Å². The Labute approximate surface area is 105 Å². The van der Waals surface area contributed by atoms with Crippen LogP contribution in [0.25, 0.3) is 0 Å². The third-order valence-corrected chi connectivity index (χ3v) is 2.76. The van der Waals surface area contributed by atoms with Gasteiger partial charge in [-0.15, -0.1) is 0 Å². The van der Waals surface area contributed by atoms with Crippen molar-refractivity contribution in [1.82, 2.24) is 0 Å². The standard InChI is InChI=1S/C11H7NO7/c1-3-2-4(13)5-6(8(3)14)9(15)7(12(18)19)11(17)10(5)16/h2,15-17H,1H3. The number of nitro groups is 1. The highest BCUT2D eigenvalue weighted by molar-refractivity contribution is 6.27. The molecule has 0 heterocycles. The summed E-state index contributed by atoms with van der Waals surface area (Å²) in [7, 11) is 0. The number of nitro benzene ring substituents is 1. The number of hydrogen-bond donors (Lipinski definition) is 3. The molecule has 2 rings (SSSR count). The zero-order valence-corrected chi connectivity index (χ0v) is 9.50. The maximum Gasteiger partial charge on any atom is 0.356 e. The second kappa shape index (κ2) is 3.80. The van der Waals surface area contributed by atoms with Crippen LogP contribution in [0, 0.1) is 10.1 Å². The molecule has 1 aromatic carbocycles. The van der Waals surface area contributed by atoms with Crippen molar-refractivity contribution < 1.29 is 29.8 Å². The van der Waals surface area contributed by atoms with Crippen molar-refractivity contribution in [2.24, 2.45) is 0 Å². The number of carbonyl (C=O) groups is 2. The number of benzene rings is 1. The summed E-state index contributed by atoms with van der Waals surface area (Å²) in [5.41, 5.74) is -2.57. The molecule has 8 heteroatoms. The van der Waals surface area contributed by atoms with E-state index < -0.39 is 50.6 Å². The Bertz CT molecular complexity index is 687. The molecule has 0 radical (unpaired) electrons. The van der Waals surface area contributed by atoms with Crippen molar-refractivity contribution in [3.05, 3.63) is 32.9 Å². The van der Waals surface area contributed by atoms with Gasteiger partial charge in [-0.05, 0) is 13.0 Å². The second-order valence-corrected chi connectivity index (χ2v) is 3.92. The average Bonchev–Trinajstić information content (AvgIpc) is 2.30. The molecule has 0 unspecified atom stereocenters. The highest BCUT2D eigenvalue weighted by atomic mass is 16.6. The summed E-state index contributed by atoms with van der Waals surface area (Å²) in [6.07, 6.45) is 0.912. The van der Waals surface area contributed by atoms with Crippen LogP contribution in [-0.2, 0) is 0 Å². The normalized spacial score (nSPS) is 14.1. The fourth-order valence-corrected chi connectivity index (χ4v) is 1.86. The van der Waals surface area contributed by atoms with Crippen LogP contribution in [0.3, 0.4) is 0 Å². The molecule has 0 amide bonds. The van der Waals surface area contributed by atoms with E-state index in [-0.39, 0.29) is 5.57 Å². The maximum absolute atomic E-state index is 11.8. The van der Waals surface area contributed by atoms with E-state index in [1.165, 1.54) is 6.92 Å². The number of ketones is 2. The number of phenols is 3. The van der Waals surface area contributed by atoms with E-state index in [1.54, 1.807) is 0 Å². The fourth-order valence-electron chi connectivity index (χ4n) is 1.86. The Morgan fingerprint density at radius 2 is 1.63 bits per heavy atom. The summed E-state index contributed by atoms with van der Waals surface area (Å²) in [6, 6.07) is 0. The van der Waals surface area contributed by atoms with Gasteiger partial charge < -0.3 is 15.3 Å². The van der Waals surface area contributed by atoms with Gasteiger partial charge in [0, 0.05) is 5.57 Å². The zero-order chi connectivity index (χ0) is 14.5. The van der Waals surface area contributed by atoms with Crippen LogP contribution >= 0.6 is 0 Å². The van der Waals surface area contributed by atoms with E-state index in [4.69, 9.17) is 0 Å². The number of hydrogen-bond acceptors (Lipinski definition) is 7. The molecular weight excluding hydrogens is 258 g/mol. The van der Waals surface area contributed by atoms with Crippen molar-refractivity contribution in [2.75, 3.05) is 0 Å². The van der Waals surface area contributed by atoms with Gasteiger partial charge in [0.25, 0.3) is 0 Å². The van der Waals surface area contributed by atoms with Crippen LogP contribution in [-0.4, -0.2) is 31.8 Å². The first-order valence-electron chi connectivity index (χ1n) is 5.00. The van der Waals surface area contributed by atoms with Crippen LogP contribution < -0.4 is 0 Å². The van der Waals surface area contributed by atoms with E-state index in [9.17, 15) is 35.0 Å². The molecule has 3 N–H and O–H groups in total. The Morgan fingerprint density at radius 1 is 1.05 bits per heavy atom. The minimum Gasteiger partial charge on any atom is -0.504 e. The first-order valence-corrected chi connectivity index (χ1v) is 5.00. The molecule has 8 nitrogen and oxygen atoms in total. The maximum atomic E-state index is 11.8. The molecule has 19 heavy (non-hydrogen) atoms. The SMILES string of the molecule is CC1=CC(=O)c2c(O)c(O)c([N+](=O)[O-])c(O)c2C1=O. The summed E-state index contributed by atoms with van der Waals surface area (Å²) < 4.78 is 0. The van der Waals surface area contributed by atoms with E-state index in [1.807, 2.05) is 0 Å². The third-order valence-electron chi connectivity index (χ3n) is 2.76. The number of carbonyl (C=O) groups excluding carboxylic acids is 2. The topological polar surface area (TPSA) is 138 Å². The summed E-state index contributed by atoms with van der Waals surface area (Å²) >= 11 is 0. The second-order valence-electron chi connectivity index (χ2n) is 3.92. The zero-order valence-electron chi connectivity index (χ0n) is 9.50. The fraction of sp³-hybridized carbons (Fsp3) is 0.0909. The number of Topliss-reactive ketones (excluding diaryl/α,β-unsaturated/α-hetero) is 1. The van der Waals surface area contributed by atoms with E-state index >= 15 is 0 Å². The molecule has 98 valence electrons. The summed E-state index contributed by atoms with van der Waals surface area (Å²) in [5.74, 6) is -5.14. The molecule has 0 bridgehead atoms. The average molecular weight is 265 g/mol. The van der Waals surface area contributed by atoms with Crippen molar-refractivity contribution in [3.63, 3.8) is 0 Å². The van der Waals surface area contributed by atoms with Crippen molar-refractivity contribution in [2.45, 2.75) is 6.92 Å². The smallest absolute Gasteiger partial charge is 0.356 e. The molecule has 1 aliphatic rings. The highest BCUT2D eigenvalue weighted by Gasteiger charge is 2.38. The molecule has 1 aromatic rings. The minimum atomic E-state index is -1.25. The lowest BCUT2D eigenvalue weighted by molar-refractivity contribution is -0.387. The van der Waals surface area contributed by atoms with Gasteiger partial charge in [0.2, 0.25) is 11.5 Å². The molecule has 0 spiro atoms. The summed E-state index contributed by atoms with van der Waals surface area (Å²) in [4.78, 5) is 33.0. The quantitative estimate of drug-likeness (QED) is 0.298. The van der Waals surface area contributed by atoms with Gasteiger partial charge in [0.15, 0.2) is 17.3 Å². The summed E-state index contributed by atoms with van der Waals surface area (Å²) in [5, 5.41) is 39.5. The lowest BCUT2D eigenvalue weighted by atomic mass is 9.88. The van der Waals surface area contributed by atoms with E-state index in [2.05, 4.69) is 0 Å². The largest absolute Gasteiger partial charge is 0.504 e. The van der Waals surface area contributed by atoms with Crippen LogP contribution in [0.1, 0.15) is 27.6 Å². The number of allylic oxidation sites excluding steroid dienone is 2. The molecule has 0 fully saturated rings. The van der Waals surface area contributed by atoms with Gasteiger partial charge in [-0.25, -0.2) is 0 Å². The Hall–Kier alpha value is -2.90. The highest BCUT2D eigenvalue weighted by Crippen LogP contribution is 2.49. The number of aromatic hydroxyl groups is 3. The molecule has 1 aliphatic carbocycles. The predicted molar refractivity (Wildman–Crippen MR) is 60.5 cm³/mol. The van der Waals surface area contributed by atoms with Gasteiger partial charge in [-0.1, -0.05) is 0 Å². The monoisotopic (exact) mass is 265 g/mol. The lowest BCUT2D eigenvalue weighted by Crippen LogP contribution is -2.16. The molecular formula is C11H7NO7. The Morgan fingerprint density at radius 3 is 2.16 bits per heavy atom. The van der Waals surface area contributed by atoms with Crippen molar-refractivity contribution in [3.8, 4) is 17.2 Å². The van der Waals surface area contributed by atoms with Crippen LogP contribution in [0.15, 0.2) is 11.6 Å². The number of fused-ring (bicyclic) bond motifs is 1. The summed E-state index contributed by atoms with van der Waals surface area (Å²) in [6.45, 7) is 1.29. The lowest BCUT2D eigenvalue weighted by Gasteiger charge is -2.16. The van der Waals surface area contributed by atoms with E-state index in [0.717, 1.165) is 6.08 Å². The molecule has 0 saturated carbocycles. The van der Waals surface area contributed by atoms with Crippen molar-refractivity contribution in [1.29, 1.82) is 0 Å². The van der Waals surface area contributed by atoms with Crippen molar-refractivity contribution >= 4 is 17.3 Å². The van der Waals surface area contributed by atoms with Gasteiger partial charge >= 0.3 is 5.69 Å². The molecule has 0 saturated heterocycles. The third kappa shape index (κ3) is 1.53. The molecule has 0 atom stereocenters. The number of phenolic OH excluding ortho intramolecular Hbond substituents is 3. The first kappa shape index (κ1) is 12.6. The van der Waals surface area contributed by atoms with Gasteiger partial charge in [-0.2, -0.15) is 0 Å². The minimum absolute atomic E-state index is 0.0350.